The lowest BCUT2D eigenvalue weighted by molar-refractivity contribution is -0.670. The van der Waals surface area contributed by atoms with Gasteiger partial charge in [-0.2, -0.15) is 4.57 Å². The van der Waals surface area contributed by atoms with E-state index in [4.69, 9.17) is 9.47 Å². The first-order chi connectivity index (χ1) is 16.4. The Hall–Kier alpha value is -1.75. The molecule has 0 atom stereocenters. The Morgan fingerprint density at radius 1 is 1.06 bits per heavy atom. The van der Waals surface area contributed by atoms with Crippen LogP contribution in [0.5, 0.6) is 11.5 Å². The van der Waals surface area contributed by atoms with Crippen LogP contribution in [-0.4, -0.2) is 32.5 Å². The molecule has 0 aliphatic carbocycles. The van der Waals surface area contributed by atoms with Gasteiger partial charge in [-0.15, -0.1) is 0 Å². The Kier molecular flexibility index (Phi) is 9.53. The Bertz CT molecular complexity index is 1280. The third kappa shape index (κ3) is 5.50. The second-order valence-corrected chi connectivity index (χ2v) is 10.4. The lowest BCUT2D eigenvalue weighted by atomic mass is 10.1. The molecule has 0 amide bonds. The molecule has 8 heteroatoms. The summed E-state index contributed by atoms with van der Waals surface area (Å²) in [6, 6.07) is 8.62. The topological polar surface area (TPSA) is 45.8 Å². The van der Waals surface area contributed by atoms with Gasteiger partial charge >= 0.3 is 0 Å². The number of anilines is 1. The van der Waals surface area contributed by atoms with Crippen molar-refractivity contribution in [2.45, 2.75) is 45.6 Å². The number of hydrogen-bond donors (Lipinski definition) is 1. The van der Waals surface area contributed by atoms with E-state index in [1.807, 2.05) is 0 Å². The monoisotopic (exact) mass is 624 g/mol. The van der Waals surface area contributed by atoms with Gasteiger partial charge in [0.05, 0.1) is 24.9 Å². The fourth-order valence-corrected chi connectivity index (χ4v) is 6.73. The molecule has 5 nitrogen and oxygen atoms in total. The number of aromatic nitrogens is 1. The van der Waals surface area contributed by atoms with E-state index in [0.717, 1.165) is 50.8 Å². The number of ether oxygens (including phenoxy) is 2. The number of hydrogen-bond acceptors (Lipinski definition) is 6. The third-order valence-electron chi connectivity index (χ3n) is 6.16. The Balaban J connectivity index is 0.00000342. The number of aryl methyl sites for hydroxylation is 2. The van der Waals surface area contributed by atoms with Crippen LogP contribution >= 0.6 is 23.1 Å². The summed E-state index contributed by atoms with van der Waals surface area (Å²) < 4.78 is 14.5. The van der Waals surface area contributed by atoms with E-state index in [0.29, 0.717) is 6.54 Å². The number of nitrogens with zero attached hydrogens (tertiary/aromatic N) is 2. The Morgan fingerprint density at radius 2 is 1.74 bits per heavy atom. The first-order valence-corrected chi connectivity index (χ1v) is 13.2. The second kappa shape index (κ2) is 12.0. The highest BCUT2D eigenvalue weighted by atomic mass is 127. The van der Waals surface area contributed by atoms with Crippen molar-refractivity contribution in [2.75, 3.05) is 32.3 Å². The minimum Gasteiger partial charge on any atom is -1.00 e. The molecule has 0 fully saturated rings. The molecule has 0 bridgehead atoms. The van der Waals surface area contributed by atoms with Crippen LogP contribution in [0.15, 0.2) is 45.8 Å². The smallest absolute Gasteiger partial charge is 0.263 e. The molecule has 0 saturated carbocycles. The highest BCUT2D eigenvalue weighted by Crippen LogP contribution is 2.48. The zero-order valence-electron chi connectivity index (χ0n) is 21.1. The number of methoxy groups -OCH3 is 2. The van der Waals surface area contributed by atoms with Crippen LogP contribution in [-0.2, 0) is 6.54 Å². The summed E-state index contributed by atoms with van der Waals surface area (Å²) in [7, 11) is 3.43. The zero-order valence-corrected chi connectivity index (χ0v) is 24.9. The molecule has 0 radical (unpaired) electrons. The molecule has 3 aromatic rings. The third-order valence-corrected chi connectivity index (χ3v) is 8.35. The van der Waals surface area contributed by atoms with Crippen LogP contribution < -0.4 is 42.9 Å². The van der Waals surface area contributed by atoms with Crippen molar-refractivity contribution in [3.63, 3.8) is 0 Å². The van der Waals surface area contributed by atoms with E-state index in [1.54, 1.807) is 37.3 Å². The molecule has 2 aromatic carbocycles. The van der Waals surface area contributed by atoms with Crippen LogP contribution in [0, 0.1) is 13.8 Å². The fourth-order valence-electron chi connectivity index (χ4n) is 4.34. The lowest BCUT2D eigenvalue weighted by Gasteiger charge is -2.19. The maximum atomic E-state index is 9.75. The van der Waals surface area contributed by atoms with Gasteiger partial charge in [-0.1, -0.05) is 30.0 Å². The van der Waals surface area contributed by atoms with Crippen molar-refractivity contribution < 1.29 is 43.1 Å². The molecule has 0 spiro atoms. The van der Waals surface area contributed by atoms with Crippen LogP contribution in [0.2, 0.25) is 0 Å². The number of benzene rings is 2. The number of thioether (sulfide) groups is 1. The van der Waals surface area contributed by atoms with E-state index < -0.39 is 0 Å². The van der Waals surface area contributed by atoms with Gasteiger partial charge in [-0.3, -0.25) is 0 Å². The molecule has 0 saturated heterocycles. The van der Waals surface area contributed by atoms with E-state index in [2.05, 4.69) is 73.6 Å². The largest absolute Gasteiger partial charge is 1.00 e. The van der Waals surface area contributed by atoms with Crippen LogP contribution in [0.3, 0.4) is 0 Å². The maximum absolute atomic E-state index is 9.75. The Labute approximate surface area is 233 Å². The highest BCUT2D eigenvalue weighted by molar-refractivity contribution is 8.03. The van der Waals surface area contributed by atoms with E-state index in [9.17, 15) is 5.11 Å². The number of fused-ring (bicyclic) bond motifs is 2. The van der Waals surface area contributed by atoms with Gasteiger partial charge in [-0.25, -0.2) is 0 Å². The average molecular weight is 625 g/mol. The van der Waals surface area contributed by atoms with Gasteiger partial charge in [0, 0.05) is 29.6 Å². The van der Waals surface area contributed by atoms with Crippen LogP contribution in [0.1, 0.15) is 36.4 Å². The van der Waals surface area contributed by atoms with Crippen molar-refractivity contribution in [3.8, 4) is 11.5 Å². The number of aliphatic hydroxyl groups is 1. The molecule has 1 aliphatic heterocycles. The minimum atomic E-state index is 0. The predicted octanol–water partition coefficient (Wildman–Crippen LogP) is 3.09. The van der Waals surface area contributed by atoms with Gasteiger partial charge < -0.3 is 43.5 Å². The number of thiazole rings is 1. The van der Waals surface area contributed by atoms with Crippen LogP contribution in [0.4, 0.5) is 5.69 Å². The first kappa shape index (κ1) is 27.8. The summed E-state index contributed by atoms with van der Waals surface area (Å²) in [5, 5.41) is 12.1. The molecular formula is C27H33IN2O3S2. The number of aliphatic hydroxyl groups excluding tert-OH is 1. The second-order valence-electron chi connectivity index (χ2n) is 8.30. The summed E-state index contributed by atoms with van der Waals surface area (Å²) in [5.41, 5.74) is 5.87. The summed E-state index contributed by atoms with van der Waals surface area (Å²) in [6.07, 6.45) is 5.48. The molecular weight excluding hydrogens is 591 g/mol. The van der Waals surface area contributed by atoms with Crippen molar-refractivity contribution >= 4 is 45.1 Å². The van der Waals surface area contributed by atoms with Gasteiger partial charge in [0.2, 0.25) is 5.52 Å². The molecule has 4 rings (SSSR count). The average Bonchev–Trinajstić information content (AvgIpc) is 3.33. The predicted molar refractivity (Wildman–Crippen MR) is 143 cm³/mol. The van der Waals surface area contributed by atoms with Gasteiger partial charge in [0.25, 0.3) is 5.01 Å². The van der Waals surface area contributed by atoms with E-state index in [1.165, 1.54) is 21.2 Å². The van der Waals surface area contributed by atoms with Crippen LogP contribution in [0.25, 0.3) is 16.3 Å². The number of halogens is 1. The normalized spacial score (nSPS) is 14.4. The molecule has 1 N–H and O–H groups in total. The molecule has 0 unspecified atom stereocenters. The van der Waals surface area contributed by atoms with Crippen molar-refractivity contribution in [1.29, 1.82) is 0 Å². The summed E-state index contributed by atoms with van der Waals surface area (Å²) in [6.45, 7) is 10.1. The van der Waals surface area contributed by atoms with Gasteiger partial charge in [0.1, 0.15) is 22.8 Å². The number of allylic oxidation sites excluding steroid dienone is 2. The molecule has 188 valence electrons. The summed E-state index contributed by atoms with van der Waals surface area (Å²) in [4.78, 5) is 3.60. The number of rotatable bonds is 8. The molecule has 35 heavy (non-hydrogen) atoms. The summed E-state index contributed by atoms with van der Waals surface area (Å²) >= 11 is 3.53. The zero-order chi connectivity index (χ0) is 24.4. The van der Waals surface area contributed by atoms with E-state index >= 15 is 0 Å². The summed E-state index contributed by atoms with van der Waals surface area (Å²) in [5.74, 6) is 1.82. The quantitative estimate of drug-likeness (QED) is 0.309. The molecule has 2 heterocycles. The maximum Gasteiger partial charge on any atom is 0.263 e. The lowest BCUT2D eigenvalue weighted by Crippen LogP contribution is -3.00. The SMILES string of the molecule is CCC(=C/c1sc2cc(OC)c(C)cc2[n+]1CCO)/C=C1\Sc2cc(OC)c(C)cc2N1CC.[I-]. The molecule has 1 aliphatic rings. The standard InChI is InChI=1S/C27H33N2O3S2.HI/c1-7-19(13-26-28(8-2)20-11-17(3)22(31-5)15-24(20)33-26)14-27-29(9-10-30)21-12-18(4)23(32-6)16-25(21)34-27;/h11-16,30H,7-10H2,1-6H3;1H/q+1;/p-1. The minimum absolute atomic E-state index is 0. The fraction of sp³-hybridized carbons (Fsp3) is 0.370. The molecule has 1 aromatic heterocycles. The highest BCUT2D eigenvalue weighted by Gasteiger charge is 2.26. The van der Waals surface area contributed by atoms with E-state index in [-0.39, 0.29) is 30.6 Å². The van der Waals surface area contributed by atoms with Crippen molar-refractivity contribution in [1.82, 2.24) is 0 Å². The van der Waals surface area contributed by atoms with Gasteiger partial charge in [0.15, 0.2) is 6.54 Å². The van der Waals surface area contributed by atoms with Crippen molar-refractivity contribution in [2.24, 2.45) is 0 Å². The first-order valence-electron chi connectivity index (χ1n) is 11.6. The van der Waals surface area contributed by atoms with Crippen molar-refractivity contribution in [3.05, 3.63) is 57.1 Å². The van der Waals surface area contributed by atoms with Gasteiger partial charge in [-0.05, 0) is 62.1 Å². The Morgan fingerprint density at radius 3 is 2.37 bits per heavy atom.